The largest absolute Gasteiger partial charge is 0.493 e. The number of benzene rings is 2. The van der Waals surface area contributed by atoms with Crippen LogP contribution in [-0.2, 0) is 11.2 Å². The van der Waals surface area contributed by atoms with E-state index in [1.165, 1.54) is 0 Å². The second-order valence-electron chi connectivity index (χ2n) is 5.41. The molecule has 26 heavy (non-hydrogen) atoms. The zero-order valence-corrected chi connectivity index (χ0v) is 15.7. The molecule has 0 saturated heterocycles. The van der Waals surface area contributed by atoms with Gasteiger partial charge in [0.1, 0.15) is 0 Å². The Kier molecular flexibility index (Phi) is 7.83. The zero-order chi connectivity index (χ0) is 18.8. The fourth-order valence-corrected chi connectivity index (χ4v) is 3.05. The summed E-state index contributed by atoms with van der Waals surface area (Å²) >= 11 is 1.61. The van der Waals surface area contributed by atoms with Gasteiger partial charge in [0, 0.05) is 10.6 Å². The van der Waals surface area contributed by atoms with Crippen molar-refractivity contribution >= 4 is 23.4 Å². The molecule has 4 nitrogen and oxygen atoms in total. The van der Waals surface area contributed by atoms with E-state index in [0.717, 1.165) is 28.3 Å². The van der Waals surface area contributed by atoms with Gasteiger partial charge in [-0.05, 0) is 36.2 Å². The first kappa shape index (κ1) is 19.7. The first-order valence-corrected chi connectivity index (χ1v) is 9.19. The number of anilines is 1. The van der Waals surface area contributed by atoms with Gasteiger partial charge < -0.3 is 14.8 Å². The Morgan fingerprint density at radius 2 is 1.96 bits per heavy atom. The van der Waals surface area contributed by atoms with Crippen LogP contribution in [-0.4, -0.2) is 25.4 Å². The molecule has 0 atom stereocenters. The number of carbonyl (C=O) groups excluding carboxylic acids is 1. The molecule has 0 bridgehead atoms. The van der Waals surface area contributed by atoms with Crippen LogP contribution in [0.5, 0.6) is 11.5 Å². The molecule has 0 aliphatic carbocycles. The first-order chi connectivity index (χ1) is 12.7. The van der Waals surface area contributed by atoms with Gasteiger partial charge in [-0.25, -0.2) is 0 Å². The van der Waals surface area contributed by atoms with E-state index in [9.17, 15) is 4.79 Å². The topological polar surface area (TPSA) is 47.6 Å². The highest BCUT2D eigenvalue weighted by Gasteiger charge is 2.10. The van der Waals surface area contributed by atoms with Crippen molar-refractivity contribution < 1.29 is 14.3 Å². The Labute approximate surface area is 158 Å². The van der Waals surface area contributed by atoms with Gasteiger partial charge in [-0.3, -0.25) is 4.79 Å². The van der Waals surface area contributed by atoms with Crippen LogP contribution in [0.15, 0.2) is 72.7 Å². The number of ether oxygens (including phenoxy) is 2. The molecule has 0 aliphatic heterocycles. The number of thioether (sulfide) groups is 1. The Morgan fingerprint density at radius 3 is 2.69 bits per heavy atom. The predicted octanol–water partition coefficient (Wildman–Crippen LogP) is 4.72. The second-order valence-corrected chi connectivity index (χ2v) is 6.47. The van der Waals surface area contributed by atoms with Crippen molar-refractivity contribution in [3.63, 3.8) is 0 Å². The molecule has 2 aromatic carbocycles. The molecule has 0 unspecified atom stereocenters. The summed E-state index contributed by atoms with van der Waals surface area (Å²) in [5, 5.41) is 2.89. The smallest absolute Gasteiger partial charge is 0.262 e. The van der Waals surface area contributed by atoms with E-state index < -0.39 is 0 Å². The Hall–Kier alpha value is -2.66. The van der Waals surface area contributed by atoms with Crippen molar-refractivity contribution in [1.29, 1.82) is 0 Å². The van der Waals surface area contributed by atoms with Crippen LogP contribution in [0.4, 0.5) is 5.69 Å². The number of hydrogen-bond donors (Lipinski definition) is 1. The van der Waals surface area contributed by atoms with Crippen LogP contribution in [0.25, 0.3) is 0 Å². The summed E-state index contributed by atoms with van der Waals surface area (Å²) in [6.45, 7) is 7.35. The van der Waals surface area contributed by atoms with Gasteiger partial charge in [0.25, 0.3) is 5.91 Å². The Balaban J connectivity index is 1.99. The number of methoxy groups -OCH3 is 1. The highest BCUT2D eigenvalue weighted by Crippen LogP contribution is 2.29. The molecule has 0 aromatic heterocycles. The molecule has 5 heteroatoms. The monoisotopic (exact) mass is 369 g/mol. The van der Waals surface area contributed by atoms with E-state index in [1.54, 1.807) is 24.9 Å². The number of nitrogens with one attached hydrogen (secondary N) is 1. The Morgan fingerprint density at radius 1 is 1.15 bits per heavy atom. The summed E-state index contributed by atoms with van der Waals surface area (Å²) in [5.74, 6) is 1.68. The van der Waals surface area contributed by atoms with Gasteiger partial charge in [-0.15, -0.1) is 24.9 Å². The van der Waals surface area contributed by atoms with E-state index in [0.29, 0.717) is 11.5 Å². The minimum atomic E-state index is -0.228. The quantitative estimate of drug-likeness (QED) is 0.486. The summed E-state index contributed by atoms with van der Waals surface area (Å²) in [7, 11) is 1.58. The van der Waals surface area contributed by atoms with Gasteiger partial charge in [-0.1, -0.05) is 30.4 Å². The molecule has 0 heterocycles. The number of hydrogen-bond acceptors (Lipinski definition) is 4. The van der Waals surface area contributed by atoms with Crippen LogP contribution in [0.3, 0.4) is 0 Å². The van der Waals surface area contributed by atoms with Crippen molar-refractivity contribution in [3.05, 3.63) is 73.3 Å². The summed E-state index contributed by atoms with van der Waals surface area (Å²) in [4.78, 5) is 13.3. The zero-order valence-electron chi connectivity index (χ0n) is 14.9. The lowest BCUT2D eigenvalue weighted by Crippen LogP contribution is -2.20. The molecule has 136 valence electrons. The molecule has 0 radical (unpaired) electrons. The fourth-order valence-electron chi connectivity index (χ4n) is 2.30. The molecular weight excluding hydrogens is 346 g/mol. The van der Waals surface area contributed by atoms with E-state index in [4.69, 9.17) is 9.47 Å². The average molecular weight is 369 g/mol. The number of allylic oxidation sites excluding steroid dienone is 1. The second kappa shape index (κ2) is 10.4. The molecule has 0 fully saturated rings. The highest BCUT2D eigenvalue weighted by atomic mass is 32.2. The third-order valence-electron chi connectivity index (χ3n) is 3.48. The number of carbonyl (C=O) groups is 1. The standard InChI is InChI=1S/C21H23NO3S/c1-4-8-16-11-12-18(19(14-16)24-3)25-15-21(23)22-17-9-6-7-10-20(17)26-13-5-2/h4-7,9-12,14H,1-2,8,13,15H2,3H3,(H,22,23). The van der Waals surface area contributed by atoms with Gasteiger partial charge in [-0.2, -0.15) is 0 Å². The van der Waals surface area contributed by atoms with Crippen LogP contribution in [0.1, 0.15) is 5.56 Å². The van der Waals surface area contributed by atoms with Crippen molar-refractivity contribution in [3.8, 4) is 11.5 Å². The van der Waals surface area contributed by atoms with Gasteiger partial charge in [0.15, 0.2) is 18.1 Å². The van der Waals surface area contributed by atoms with E-state index in [1.807, 2.05) is 48.6 Å². The minimum Gasteiger partial charge on any atom is -0.493 e. The molecule has 2 rings (SSSR count). The van der Waals surface area contributed by atoms with Crippen molar-refractivity contribution in [1.82, 2.24) is 0 Å². The lowest BCUT2D eigenvalue weighted by atomic mass is 10.1. The van der Waals surface area contributed by atoms with Gasteiger partial charge in [0.05, 0.1) is 12.8 Å². The normalized spacial score (nSPS) is 10.0. The maximum Gasteiger partial charge on any atom is 0.262 e. The minimum absolute atomic E-state index is 0.0996. The van der Waals surface area contributed by atoms with E-state index in [-0.39, 0.29) is 12.5 Å². The van der Waals surface area contributed by atoms with E-state index in [2.05, 4.69) is 18.5 Å². The van der Waals surface area contributed by atoms with Crippen molar-refractivity contribution in [2.75, 3.05) is 24.8 Å². The van der Waals surface area contributed by atoms with E-state index >= 15 is 0 Å². The average Bonchev–Trinajstić information content (AvgIpc) is 2.66. The third kappa shape index (κ3) is 5.70. The van der Waals surface area contributed by atoms with Crippen molar-refractivity contribution in [2.45, 2.75) is 11.3 Å². The molecule has 0 saturated carbocycles. The molecule has 0 spiro atoms. The first-order valence-electron chi connectivity index (χ1n) is 8.21. The lowest BCUT2D eigenvalue weighted by molar-refractivity contribution is -0.118. The van der Waals surface area contributed by atoms with Crippen LogP contribution < -0.4 is 14.8 Å². The maximum atomic E-state index is 12.3. The number of para-hydroxylation sites is 1. The molecular formula is C21H23NO3S. The summed E-state index contributed by atoms with van der Waals surface area (Å²) in [6, 6.07) is 13.3. The molecule has 1 amide bonds. The molecule has 2 aromatic rings. The summed E-state index contributed by atoms with van der Waals surface area (Å²) in [6.07, 6.45) is 4.40. The van der Waals surface area contributed by atoms with Gasteiger partial charge >= 0.3 is 0 Å². The number of rotatable bonds is 10. The van der Waals surface area contributed by atoms with Crippen LogP contribution in [0.2, 0.25) is 0 Å². The SMILES string of the molecule is C=CCSc1ccccc1NC(=O)COc1ccc(CC=C)cc1OC. The lowest BCUT2D eigenvalue weighted by Gasteiger charge is -2.13. The van der Waals surface area contributed by atoms with Crippen LogP contribution >= 0.6 is 11.8 Å². The summed E-state index contributed by atoms with van der Waals surface area (Å²) < 4.78 is 11.0. The number of amides is 1. The molecule has 1 N–H and O–H groups in total. The Bertz CT molecular complexity index is 774. The predicted molar refractivity (Wildman–Crippen MR) is 108 cm³/mol. The van der Waals surface area contributed by atoms with Crippen molar-refractivity contribution in [2.24, 2.45) is 0 Å². The fraction of sp³-hybridized carbons (Fsp3) is 0.190. The van der Waals surface area contributed by atoms with Gasteiger partial charge in [0.2, 0.25) is 0 Å². The highest BCUT2D eigenvalue weighted by molar-refractivity contribution is 7.99. The molecule has 0 aliphatic rings. The summed E-state index contributed by atoms with van der Waals surface area (Å²) in [5.41, 5.74) is 1.84. The third-order valence-corrected chi connectivity index (χ3v) is 4.55. The maximum absolute atomic E-state index is 12.3. The van der Waals surface area contributed by atoms with Crippen LogP contribution in [0, 0.1) is 0 Å².